The van der Waals surface area contributed by atoms with Gasteiger partial charge in [-0.25, -0.2) is 0 Å². The molecule has 0 saturated heterocycles. The molecule has 104 valence electrons. The second kappa shape index (κ2) is 8.46. The van der Waals surface area contributed by atoms with Crippen LogP contribution in [0, 0.1) is 0 Å². The Hall–Kier alpha value is 0.363. The normalized spacial score (nSPS) is 17.8. The van der Waals surface area contributed by atoms with E-state index in [4.69, 9.17) is 36.0 Å². The SMILES string of the molecule is CC(O)(C(O)O)C(N)(CN)CCO.[O]=[Zr]([OH])[OH]. The minimum atomic E-state index is -3.79. The summed E-state index contributed by atoms with van der Waals surface area (Å²) in [6.07, 6.45) is -2.00. The first-order valence-electron chi connectivity index (χ1n) is 4.65. The van der Waals surface area contributed by atoms with Crippen molar-refractivity contribution in [1.29, 1.82) is 0 Å². The number of aliphatic hydroxyl groups is 4. The fourth-order valence-electron chi connectivity index (χ4n) is 1.02. The molecule has 0 amide bonds. The summed E-state index contributed by atoms with van der Waals surface area (Å²) in [7, 11) is 0. The van der Waals surface area contributed by atoms with E-state index in [1.165, 1.54) is 6.92 Å². The number of aliphatic hydroxyl groups excluding tert-OH is 2. The van der Waals surface area contributed by atoms with E-state index in [1.807, 2.05) is 0 Å². The quantitative estimate of drug-likeness (QED) is 0.230. The average molecular weight is 335 g/mol. The number of nitrogens with two attached hydrogens (primary N) is 2. The van der Waals surface area contributed by atoms with Crippen molar-refractivity contribution in [3.05, 3.63) is 0 Å². The average Bonchev–Trinajstić information content (AvgIpc) is 2.16. The van der Waals surface area contributed by atoms with E-state index in [2.05, 4.69) is 0 Å². The zero-order chi connectivity index (χ0) is 14.3. The summed E-state index contributed by atoms with van der Waals surface area (Å²) in [5, 5.41) is 36.0. The van der Waals surface area contributed by atoms with Crippen molar-refractivity contribution in [2.75, 3.05) is 13.2 Å². The Morgan fingerprint density at radius 1 is 1.35 bits per heavy atom. The van der Waals surface area contributed by atoms with E-state index >= 15 is 0 Å². The molecule has 0 fully saturated rings. The van der Waals surface area contributed by atoms with Gasteiger partial charge in [0.2, 0.25) is 0 Å². The Kier molecular flexibility index (Phi) is 9.81. The van der Waals surface area contributed by atoms with Crippen molar-refractivity contribution in [2.45, 2.75) is 30.8 Å². The van der Waals surface area contributed by atoms with Gasteiger partial charge in [-0.1, -0.05) is 0 Å². The maximum atomic E-state index is 9.63. The molecular formula is C7H20N2O7Zr. The molecule has 0 heterocycles. The summed E-state index contributed by atoms with van der Waals surface area (Å²) in [5.74, 6) is 0. The van der Waals surface area contributed by atoms with Gasteiger partial charge in [0.25, 0.3) is 0 Å². The van der Waals surface area contributed by atoms with E-state index in [0.29, 0.717) is 0 Å². The van der Waals surface area contributed by atoms with Crippen LogP contribution in [0.4, 0.5) is 0 Å². The van der Waals surface area contributed by atoms with Gasteiger partial charge in [0.15, 0.2) is 6.29 Å². The van der Waals surface area contributed by atoms with E-state index in [9.17, 15) is 5.11 Å². The second-order valence-corrected chi connectivity index (χ2v) is 5.03. The fraction of sp³-hybridized carbons (Fsp3) is 1.00. The zero-order valence-corrected chi connectivity index (χ0v) is 11.9. The Morgan fingerprint density at radius 3 is 1.88 bits per heavy atom. The molecule has 9 nitrogen and oxygen atoms in total. The van der Waals surface area contributed by atoms with Crippen molar-refractivity contribution in [2.24, 2.45) is 11.5 Å². The van der Waals surface area contributed by atoms with Crippen LogP contribution >= 0.6 is 0 Å². The standard InChI is InChI=1S/C7H18N2O4.2H2O.O.Zr/c1-6(13,5(11)12)7(9,4-8)2-3-10;;;;/h5,10-13H,2-4,8-9H2,1H3;2*1H2;;/q;;;;+2/p-2. The van der Waals surface area contributed by atoms with Crippen LogP contribution in [0.25, 0.3) is 0 Å². The van der Waals surface area contributed by atoms with Crippen LogP contribution < -0.4 is 11.5 Å². The van der Waals surface area contributed by atoms with E-state index in [1.54, 1.807) is 0 Å². The predicted molar refractivity (Wildman–Crippen MR) is 51.6 cm³/mol. The molecule has 0 rings (SSSR count). The molecule has 10 N–H and O–H groups in total. The molecule has 2 unspecified atom stereocenters. The third-order valence-corrected chi connectivity index (χ3v) is 2.43. The first-order valence-corrected chi connectivity index (χ1v) is 7.85. The van der Waals surface area contributed by atoms with Gasteiger partial charge in [-0.3, -0.25) is 0 Å². The topological polar surface area (TPSA) is 190 Å². The third kappa shape index (κ3) is 6.75. The van der Waals surface area contributed by atoms with Gasteiger partial charge < -0.3 is 31.9 Å². The van der Waals surface area contributed by atoms with Crippen molar-refractivity contribution in [3.63, 3.8) is 0 Å². The van der Waals surface area contributed by atoms with Gasteiger partial charge in [0.1, 0.15) is 5.60 Å². The Morgan fingerprint density at radius 2 is 1.71 bits per heavy atom. The van der Waals surface area contributed by atoms with Crippen molar-refractivity contribution < 1.29 is 52.2 Å². The molecular weight excluding hydrogens is 315 g/mol. The first-order chi connectivity index (χ1) is 7.55. The van der Waals surface area contributed by atoms with Gasteiger partial charge in [0.05, 0.1) is 5.54 Å². The molecule has 0 aromatic carbocycles. The molecule has 10 heteroatoms. The van der Waals surface area contributed by atoms with Crippen LogP contribution in [0.3, 0.4) is 0 Å². The zero-order valence-electron chi connectivity index (χ0n) is 9.44. The second-order valence-electron chi connectivity index (χ2n) is 3.64. The number of hydrogen-bond acceptors (Lipinski definition) is 7. The Balaban J connectivity index is 0. The van der Waals surface area contributed by atoms with Crippen LogP contribution in [0.15, 0.2) is 0 Å². The summed E-state index contributed by atoms with van der Waals surface area (Å²) in [6.45, 7) is 0.731. The molecule has 2 atom stereocenters. The van der Waals surface area contributed by atoms with Crippen LogP contribution in [0.1, 0.15) is 13.3 Å². The summed E-state index contributed by atoms with van der Waals surface area (Å²) < 4.78 is 23.3. The molecule has 0 radical (unpaired) electrons. The maximum absolute atomic E-state index is 9.63. The van der Waals surface area contributed by atoms with E-state index < -0.39 is 40.1 Å². The Labute approximate surface area is 108 Å². The van der Waals surface area contributed by atoms with Crippen LogP contribution in [0.5, 0.6) is 0 Å². The van der Waals surface area contributed by atoms with Gasteiger partial charge in [-0.05, 0) is 13.3 Å². The fourth-order valence-corrected chi connectivity index (χ4v) is 1.02. The van der Waals surface area contributed by atoms with Crippen molar-refractivity contribution in [3.8, 4) is 0 Å². The number of hydrogen-bond donors (Lipinski definition) is 8. The van der Waals surface area contributed by atoms with Crippen molar-refractivity contribution in [1.82, 2.24) is 0 Å². The predicted octanol–water partition coefficient (Wildman–Crippen LogP) is -4.15. The van der Waals surface area contributed by atoms with Crippen molar-refractivity contribution >= 4 is 0 Å². The number of rotatable bonds is 5. The third-order valence-electron chi connectivity index (χ3n) is 2.43. The van der Waals surface area contributed by atoms with Gasteiger partial charge in [0, 0.05) is 13.2 Å². The molecule has 0 bridgehead atoms. The molecule has 0 aromatic heterocycles. The summed E-state index contributed by atoms with van der Waals surface area (Å²) >= 11 is -3.79. The molecule has 0 spiro atoms. The van der Waals surface area contributed by atoms with E-state index in [-0.39, 0.29) is 19.6 Å². The molecule has 0 aliphatic rings. The first kappa shape index (κ1) is 19.7. The molecule has 0 aliphatic carbocycles. The van der Waals surface area contributed by atoms with Crippen LogP contribution in [-0.2, 0) is 25.4 Å². The van der Waals surface area contributed by atoms with Gasteiger partial charge in [-0.2, -0.15) is 0 Å². The van der Waals surface area contributed by atoms with Crippen LogP contribution in [0.2, 0.25) is 0 Å². The molecule has 17 heavy (non-hydrogen) atoms. The van der Waals surface area contributed by atoms with Gasteiger partial charge in [-0.15, -0.1) is 0 Å². The van der Waals surface area contributed by atoms with Gasteiger partial charge >= 0.3 is 31.8 Å². The van der Waals surface area contributed by atoms with E-state index in [0.717, 1.165) is 0 Å². The molecule has 0 aliphatic heterocycles. The summed E-state index contributed by atoms with van der Waals surface area (Å²) in [6, 6.07) is 0. The molecule has 0 aromatic rings. The molecule has 0 saturated carbocycles. The summed E-state index contributed by atoms with van der Waals surface area (Å²) in [5.41, 5.74) is 7.58. The summed E-state index contributed by atoms with van der Waals surface area (Å²) in [4.78, 5) is 0. The van der Waals surface area contributed by atoms with Crippen LogP contribution in [-0.4, -0.2) is 57.4 Å². The Bertz CT molecular complexity index is 234. The monoisotopic (exact) mass is 334 g/mol. The minimum absolute atomic E-state index is 0.00583.